The Hall–Kier alpha value is -1.42. The zero-order chi connectivity index (χ0) is 15.2. The standard InChI is InChI=1S/C17H20ClFN2/c1-20-10-13-6-7-17(19)15(8-13)12-21(2)11-14-4-3-5-16(18)9-14/h3-9,20H,10-12H2,1-2H3. The molecule has 0 heterocycles. The number of halogens is 2. The molecular weight excluding hydrogens is 287 g/mol. The Balaban J connectivity index is 2.05. The van der Waals surface area contributed by atoms with E-state index < -0.39 is 0 Å². The first-order valence-electron chi connectivity index (χ1n) is 6.93. The Morgan fingerprint density at radius 1 is 1.10 bits per heavy atom. The predicted octanol–water partition coefficient (Wildman–Crippen LogP) is 3.83. The minimum Gasteiger partial charge on any atom is -0.316 e. The highest BCUT2D eigenvalue weighted by Crippen LogP contribution is 2.16. The fourth-order valence-corrected chi connectivity index (χ4v) is 2.57. The van der Waals surface area contributed by atoms with E-state index in [0.29, 0.717) is 12.1 Å². The maximum atomic E-state index is 13.9. The molecule has 4 heteroatoms. The third kappa shape index (κ3) is 4.81. The van der Waals surface area contributed by atoms with Gasteiger partial charge in [-0.25, -0.2) is 4.39 Å². The van der Waals surface area contributed by atoms with Crippen molar-refractivity contribution < 1.29 is 4.39 Å². The molecule has 0 spiro atoms. The van der Waals surface area contributed by atoms with E-state index in [1.54, 1.807) is 0 Å². The van der Waals surface area contributed by atoms with Gasteiger partial charge in [0.15, 0.2) is 0 Å². The number of benzene rings is 2. The lowest BCUT2D eigenvalue weighted by atomic mass is 10.1. The summed E-state index contributed by atoms with van der Waals surface area (Å²) >= 11 is 5.98. The van der Waals surface area contributed by atoms with Crippen molar-refractivity contribution in [2.75, 3.05) is 14.1 Å². The first-order valence-corrected chi connectivity index (χ1v) is 7.31. The summed E-state index contributed by atoms with van der Waals surface area (Å²) in [5, 5.41) is 3.80. The predicted molar refractivity (Wildman–Crippen MR) is 85.8 cm³/mol. The zero-order valence-corrected chi connectivity index (χ0v) is 13.1. The van der Waals surface area contributed by atoms with Gasteiger partial charge in [0.25, 0.3) is 0 Å². The molecule has 0 saturated heterocycles. The van der Waals surface area contributed by atoms with Crippen molar-refractivity contribution in [3.8, 4) is 0 Å². The second-order valence-corrected chi connectivity index (χ2v) is 5.69. The first-order chi connectivity index (χ1) is 10.1. The zero-order valence-electron chi connectivity index (χ0n) is 12.4. The molecule has 2 rings (SSSR count). The fraction of sp³-hybridized carbons (Fsp3) is 0.294. The van der Waals surface area contributed by atoms with Crippen molar-refractivity contribution in [1.29, 1.82) is 0 Å². The van der Waals surface area contributed by atoms with Crippen LogP contribution in [0.1, 0.15) is 16.7 Å². The molecule has 0 aliphatic carbocycles. The molecule has 0 radical (unpaired) electrons. The van der Waals surface area contributed by atoms with Gasteiger partial charge in [0.1, 0.15) is 5.82 Å². The lowest BCUT2D eigenvalue weighted by molar-refractivity contribution is 0.313. The van der Waals surface area contributed by atoms with Crippen LogP contribution in [0.5, 0.6) is 0 Å². The summed E-state index contributed by atoms with van der Waals surface area (Å²) < 4.78 is 13.9. The molecule has 2 nitrogen and oxygen atoms in total. The normalized spacial score (nSPS) is 11.1. The van der Waals surface area contributed by atoms with Crippen molar-refractivity contribution in [1.82, 2.24) is 10.2 Å². The van der Waals surface area contributed by atoms with Gasteiger partial charge in [-0.2, -0.15) is 0 Å². The number of nitrogens with zero attached hydrogens (tertiary/aromatic N) is 1. The van der Waals surface area contributed by atoms with Gasteiger partial charge in [-0.1, -0.05) is 35.9 Å². The Kier molecular flexibility index (Phi) is 5.74. The fourth-order valence-electron chi connectivity index (χ4n) is 2.36. The molecule has 0 aliphatic rings. The van der Waals surface area contributed by atoms with Crippen molar-refractivity contribution in [3.63, 3.8) is 0 Å². The van der Waals surface area contributed by atoms with Gasteiger partial charge in [-0.15, -0.1) is 0 Å². The van der Waals surface area contributed by atoms with E-state index in [1.165, 1.54) is 6.07 Å². The van der Waals surface area contributed by atoms with Gasteiger partial charge >= 0.3 is 0 Å². The molecule has 0 fully saturated rings. The third-order valence-corrected chi connectivity index (χ3v) is 3.51. The molecule has 0 aromatic heterocycles. The number of nitrogens with one attached hydrogen (secondary N) is 1. The molecule has 2 aromatic carbocycles. The summed E-state index contributed by atoms with van der Waals surface area (Å²) in [4.78, 5) is 2.08. The van der Waals surface area contributed by atoms with Crippen LogP contribution in [-0.4, -0.2) is 19.0 Å². The van der Waals surface area contributed by atoms with Gasteiger partial charge in [-0.3, -0.25) is 4.90 Å². The maximum Gasteiger partial charge on any atom is 0.127 e. The summed E-state index contributed by atoms with van der Waals surface area (Å²) in [6, 6.07) is 13.0. The molecule has 0 amide bonds. The van der Waals surface area contributed by atoms with Crippen LogP contribution >= 0.6 is 11.6 Å². The van der Waals surface area contributed by atoms with Crippen molar-refractivity contribution >= 4 is 11.6 Å². The van der Waals surface area contributed by atoms with Crippen molar-refractivity contribution in [3.05, 3.63) is 70.0 Å². The van der Waals surface area contributed by atoms with E-state index in [0.717, 1.165) is 29.2 Å². The molecular formula is C17H20ClFN2. The lowest BCUT2D eigenvalue weighted by Gasteiger charge is -2.18. The summed E-state index contributed by atoms with van der Waals surface area (Å²) in [5.74, 6) is -0.159. The quantitative estimate of drug-likeness (QED) is 0.872. The Bertz CT molecular complexity index is 601. The van der Waals surface area contributed by atoms with Gasteiger partial charge < -0.3 is 5.32 Å². The van der Waals surface area contributed by atoms with Crippen LogP contribution in [0.25, 0.3) is 0 Å². The molecule has 0 aliphatic heterocycles. The molecule has 112 valence electrons. The van der Waals surface area contributed by atoms with E-state index in [2.05, 4.69) is 10.2 Å². The van der Waals surface area contributed by atoms with E-state index in [4.69, 9.17) is 11.6 Å². The van der Waals surface area contributed by atoms with Crippen LogP contribution in [0, 0.1) is 5.82 Å². The average Bonchev–Trinajstić information content (AvgIpc) is 2.43. The lowest BCUT2D eigenvalue weighted by Crippen LogP contribution is -2.18. The summed E-state index contributed by atoms with van der Waals surface area (Å²) in [7, 11) is 3.86. The van der Waals surface area contributed by atoms with Crippen LogP contribution in [0.15, 0.2) is 42.5 Å². The molecule has 0 atom stereocenters. The number of hydrogen-bond donors (Lipinski definition) is 1. The molecule has 0 unspecified atom stereocenters. The molecule has 1 N–H and O–H groups in total. The highest BCUT2D eigenvalue weighted by molar-refractivity contribution is 6.30. The van der Waals surface area contributed by atoms with E-state index >= 15 is 0 Å². The van der Waals surface area contributed by atoms with Crippen LogP contribution in [0.2, 0.25) is 5.02 Å². The smallest absolute Gasteiger partial charge is 0.127 e. The maximum absolute atomic E-state index is 13.9. The summed E-state index contributed by atoms with van der Waals surface area (Å²) in [6.07, 6.45) is 0. The molecule has 0 saturated carbocycles. The summed E-state index contributed by atoms with van der Waals surface area (Å²) in [6.45, 7) is 2.04. The highest BCUT2D eigenvalue weighted by atomic mass is 35.5. The van der Waals surface area contributed by atoms with E-state index in [9.17, 15) is 4.39 Å². The van der Waals surface area contributed by atoms with Gasteiger partial charge in [0.05, 0.1) is 0 Å². The molecule has 2 aromatic rings. The molecule has 0 bridgehead atoms. The first kappa shape index (κ1) is 16.0. The SMILES string of the molecule is CNCc1ccc(F)c(CN(C)Cc2cccc(Cl)c2)c1. The Labute approximate surface area is 130 Å². The second-order valence-electron chi connectivity index (χ2n) is 5.26. The van der Waals surface area contributed by atoms with Crippen molar-refractivity contribution in [2.24, 2.45) is 0 Å². The Morgan fingerprint density at radius 2 is 1.90 bits per heavy atom. The number of rotatable bonds is 6. The largest absolute Gasteiger partial charge is 0.316 e. The van der Waals surface area contributed by atoms with Crippen molar-refractivity contribution in [2.45, 2.75) is 19.6 Å². The van der Waals surface area contributed by atoms with Gasteiger partial charge in [0, 0.05) is 30.2 Å². The minimum absolute atomic E-state index is 0.159. The van der Waals surface area contributed by atoms with Gasteiger partial charge in [0.2, 0.25) is 0 Å². The van der Waals surface area contributed by atoms with Crippen LogP contribution in [0.3, 0.4) is 0 Å². The average molecular weight is 307 g/mol. The van der Waals surface area contributed by atoms with Gasteiger partial charge in [-0.05, 0) is 43.4 Å². The minimum atomic E-state index is -0.159. The number of hydrogen-bond acceptors (Lipinski definition) is 2. The van der Waals surface area contributed by atoms with Crippen LogP contribution < -0.4 is 5.32 Å². The monoisotopic (exact) mass is 306 g/mol. The second kappa shape index (κ2) is 7.55. The Morgan fingerprint density at radius 3 is 2.62 bits per heavy atom. The van der Waals surface area contributed by atoms with E-state index in [1.807, 2.05) is 50.5 Å². The van der Waals surface area contributed by atoms with Crippen LogP contribution in [0.4, 0.5) is 4.39 Å². The summed E-state index contributed by atoms with van der Waals surface area (Å²) in [5.41, 5.74) is 2.93. The molecule has 21 heavy (non-hydrogen) atoms. The highest BCUT2D eigenvalue weighted by Gasteiger charge is 2.08. The van der Waals surface area contributed by atoms with Crippen LogP contribution in [-0.2, 0) is 19.6 Å². The van der Waals surface area contributed by atoms with E-state index in [-0.39, 0.29) is 5.82 Å². The topological polar surface area (TPSA) is 15.3 Å². The third-order valence-electron chi connectivity index (χ3n) is 3.27.